The second kappa shape index (κ2) is 6.97. The number of fused-ring (bicyclic) bond motifs is 2. The number of thiocarbonyl (C=S) groups is 1. The molecule has 2 saturated carbocycles. The summed E-state index contributed by atoms with van der Waals surface area (Å²) in [6.45, 7) is 0.837. The number of rotatable bonds is 5. The van der Waals surface area contributed by atoms with Gasteiger partial charge >= 0.3 is 0 Å². The first kappa shape index (κ1) is 15.8. The lowest BCUT2D eigenvalue weighted by Gasteiger charge is -2.28. The first-order valence-corrected chi connectivity index (χ1v) is 8.80. The lowest BCUT2D eigenvalue weighted by molar-refractivity contribution is 0.297. The minimum absolute atomic E-state index is 0.334. The Bertz CT molecular complexity index is 502. The lowest BCUT2D eigenvalue weighted by Crippen LogP contribution is -2.46. The van der Waals surface area contributed by atoms with E-state index in [-0.39, 0.29) is 0 Å². The molecule has 0 heterocycles. The zero-order valence-electron chi connectivity index (χ0n) is 13.6. The Hall–Kier alpha value is -1.13. The average Bonchev–Trinajstić information content (AvgIpc) is 3.11. The van der Waals surface area contributed by atoms with E-state index in [1.165, 1.54) is 31.2 Å². The van der Waals surface area contributed by atoms with Crippen LogP contribution in [0.4, 0.5) is 0 Å². The highest BCUT2D eigenvalue weighted by Crippen LogP contribution is 2.44. The summed E-state index contributed by atoms with van der Waals surface area (Å²) in [5.74, 6) is 1.80. The Balaban J connectivity index is 1.50. The van der Waals surface area contributed by atoms with E-state index in [2.05, 4.69) is 60.0 Å². The molecule has 4 atom stereocenters. The minimum Gasteiger partial charge on any atom is -0.361 e. The first-order valence-electron chi connectivity index (χ1n) is 8.39. The number of hydrogen-bond acceptors (Lipinski definition) is 2. The van der Waals surface area contributed by atoms with Gasteiger partial charge in [-0.1, -0.05) is 36.8 Å². The van der Waals surface area contributed by atoms with Gasteiger partial charge in [-0.15, -0.1) is 0 Å². The highest BCUT2D eigenvalue weighted by molar-refractivity contribution is 7.80. The Morgan fingerprint density at radius 2 is 2.00 bits per heavy atom. The van der Waals surface area contributed by atoms with Gasteiger partial charge in [0.05, 0.1) is 6.04 Å². The van der Waals surface area contributed by atoms with Crippen molar-refractivity contribution in [3.05, 3.63) is 35.9 Å². The molecule has 1 aromatic rings. The fourth-order valence-electron chi connectivity index (χ4n) is 4.10. The summed E-state index contributed by atoms with van der Waals surface area (Å²) in [6.07, 6.45) is 5.53. The fraction of sp³-hybridized carbons (Fsp3) is 0.611. The van der Waals surface area contributed by atoms with E-state index in [4.69, 9.17) is 12.2 Å². The van der Waals surface area contributed by atoms with Gasteiger partial charge in [-0.2, -0.15) is 0 Å². The van der Waals surface area contributed by atoms with Crippen molar-refractivity contribution < 1.29 is 0 Å². The minimum atomic E-state index is 0.334. The van der Waals surface area contributed by atoms with E-state index in [0.29, 0.717) is 12.1 Å². The van der Waals surface area contributed by atoms with E-state index in [9.17, 15) is 0 Å². The van der Waals surface area contributed by atoms with Crippen LogP contribution in [0, 0.1) is 11.8 Å². The molecule has 2 fully saturated rings. The summed E-state index contributed by atoms with van der Waals surface area (Å²) in [7, 11) is 4.23. The van der Waals surface area contributed by atoms with Crippen molar-refractivity contribution in [1.82, 2.24) is 15.5 Å². The highest BCUT2D eigenvalue weighted by atomic mass is 32.1. The normalized spacial score (nSPS) is 27.9. The topological polar surface area (TPSA) is 27.3 Å². The molecule has 3 rings (SSSR count). The molecule has 3 nitrogen and oxygen atoms in total. The molecule has 22 heavy (non-hydrogen) atoms. The van der Waals surface area contributed by atoms with Gasteiger partial charge in [-0.25, -0.2) is 0 Å². The van der Waals surface area contributed by atoms with Gasteiger partial charge in [0.2, 0.25) is 0 Å². The predicted molar refractivity (Wildman–Crippen MR) is 95.8 cm³/mol. The number of benzene rings is 1. The second-order valence-corrected chi connectivity index (χ2v) is 7.43. The summed E-state index contributed by atoms with van der Waals surface area (Å²) in [4.78, 5) is 2.24. The standard InChI is InChI=1S/C18H27N3S/c1-21(2)17(14-6-4-3-5-7-14)12-19-18(22)20-16-11-13-8-9-15(16)10-13/h3-7,13,15-17H,8-12H2,1-2H3,(H2,19,20,22)/t13-,15-,16+,17+/m0/s1. The zero-order valence-corrected chi connectivity index (χ0v) is 14.4. The molecule has 1 aromatic carbocycles. The Morgan fingerprint density at radius 3 is 2.59 bits per heavy atom. The number of likely N-dealkylation sites (N-methyl/N-ethyl adjacent to an activating group) is 1. The summed E-state index contributed by atoms with van der Waals surface area (Å²) in [5.41, 5.74) is 1.32. The molecule has 0 spiro atoms. The second-order valence-electron chi connectivity index (χ2n) is 7.03. The van der Waals surface area contributed by atoms with Crippen molar-refractivity contribution in [2.24, 2.45) is 11.8 Å². The molecular weight excluding hydrogens is 290 g/mol. The van der Waals surface area contributed by atoms with Gasteiger partial charge in [-0.05, 0) is 63.0 Å². The van der Waals surface area contributed by atoms with Crippen molar-refractivity contribution in [2.45, 2.75) is 37.8 Å². The van der Waals surface area contributed by atoms with Crippen molar-refractivity contribution >= 4 is 17.3 Å². The van der Waals surface area contributed by atoms with Crippen LogP contribution in [0.25, 0.3) is 0 Å². The Labute approximate surface area is 139 Å². The number of nitrogens with zero attached hydrogens (tertiary/aromatic N) is 1. The van der Waals surface area contributed by atoms with Gasteiger partial charge < -0.3 is 15.5 Å². The van der Waals surface area contributed by atoms with Gasteiger partial charge in [0.15, 0.2) is 5.11 Å². The fourth-order valence-corrected chi connectivity index (χ4v) is 4.34. The average molecular weight is 318 g/mol. The van der Waals surface area contributed by atoms with Crippen LogP contribution in [0.1, 0.15) is 37.3 Å². The van der Waals surface area contributed by atoms with Gasteiger partial charge in [0, 0.05) is 12.6 Å². The first-order chi connectivity index (χ1) is 10.6. The third-order valence-electron chi connectivity index (χ3n) is 5.32. The molecule has 2 bridgehead atoms. The third kappa shape index (κ3) is 3.61. The van der Waals surface area contributed by atoms with Crippen LogP contribution in [-0.2, 0) is 0 Å². The van der Waals surface area contributed by atoms with E-state index in [0.717, 1.165) is 23.5 Å². The summed E-state index contributed by atoms with van der Waals surface area (Å²) < 4.78 is 0. The van der Waals surface area contributed by atoms with Crippen molar-refractivity contribution in [1.29, 1.82) is 0 Å². The summed E-state index contributed by atoms with van der Waals surface area (Å²) >= 11 is 5.52. The van der Waals surface area contributed by atoms with E-state index in [1.54, 1.807) is 0 Å². The van der Waals surface area contributed by atoms with E-state index >= 15 is 0 Å². The smallest absolute Gasteiger partial charge is 0.166 e. The third-order valence-corrected chi connectivity index (χ3v) is 5.58. The van der Waals surface area contributed by atoms with Crippen LogP contribution in [0.2, 0.25) is 0 Å². The molecule has 2 N–H and O–H groups in total. The van der Waals surface area contributed by atoms with Crippen molar-refractivity contribution in [3.63, 3.8) is 0 Å². The molecule has 2 aliphatic carbocycles. The van der Waals surface area contributed by atoms with E-state index in [1.807, 2.05) is 0 Å². The molecule has 0 amide bonds. The largest absolute Gasteiger partial charge is 0.361 e. The van der Waals surface area contributed by atoms with Gasteiger partial charge in [-0.3, -0.25) is 0 Å². The molecule has 2 aliphatic rings. The highest BCUT2D eigenvalue weighted by Gasteiger charge is 2.39. The number of nitrogens with one attached hydrogen (secondary N) is 2. The van der Waals surface area contributed by atoms with Crippen molar-refractivity contribution in [3.8, 4) is 0 Å². The lowest BCUT2D eigenvalue weighted by atomic mass is 9.95. The molecular formula is C18H27N3S. The molecule has 0 radical (unpaired) electrons. The Kier molecular flexibility index (Phi) is 4.99. The molecule has 4 heteroatoms. The monoisotopic (exact) mass is 317 g/mol. The van der Waals surface area contributed by atoms with Crippen LogP contribution < -0.4 is 10.6 Å². The maximum Gasteiger partial charge on any atom is 0.166 e. The quantitative estimate of drug-likeness (QED) is 0.817. The Morgan fingerprint density at radius 1 is 1.23 bits per heavy atom. The molecule has 0 saturated heterocycles. The van der Waals surface area contributed by atoms with Crippen molar-refractivity contribution in [2.75, 3.05) is 20.6 Å². The number of hydrogen-bond donors (Lipinski definition) is 2. The summed E-state index contributed by atoms with van der Waals surface area (Å²) in [5, 5.41) is 7.81. The predicted octanol–water partition coefficient (Wildman–Crippen LogP) is 2.94. The molecule has 0 unspecified atom stereocenters. The van der Waals surface area contributed by atoms with Gasteiger partial charge in [0.25, 0.3) is 0 Å². The SMILES string of the molecule is CN(C)[C@H](CNC(=S)N[C@@H]1C[C@H]2CC[C@H]1C2)c1ccccc1. The van der Waals surface area contributed by atoms with Crippen LogP contribution in [0.3, 0.4) is 0 Å². The maximum atomic E-state index is 5.52. The van der Waals surface area contributed by atoms with E-state index < -0.39 is 0 Å². The zero-order chi connectivity index (χ0) is 15.5. The molecule has 120 valence electrons. The van der Waals surface area contributed by atoms with Gasteiger partial charge in [0.1, 0.15) is 0 Å². The van der Waals surface area contributed by atoms with Crippen LogP contribution in [-0.4, -0.2) is 36.7 Å². The van der Waals surface area contributed by atoms with Crippen LogP contribution >= 0.6 is 12.2 Å². The van der Waals surface area contributed by atoms with Crippen LogP contribution in [0.15, 0.2) is 30.3 Å². The molecule has 0 aliphatic heterocycles. The van der Waals surface area contributed by atoms with Crippen LogP contribution in [0.5, 0.6) is 0 Å². The maximum absolute atomic E-state index is 5.52. The molecule has 0 aromatic heterocycles. The summed E-state index contributed by atoms with van der Waals surface area (Å²) in [6, 6.07) is 11.5.